The van der Waals surface area contributed by atoms with E-state index in [1.807, 2.05) is 109 Å². The quantitative estimate of drug-likeness (QED) is 0.134. The van der Waals surface area contributed by atoms with Crippen LogP contribution in [0.2, 0.25) is 20.1 Å². The smallest absolute Gasteiger partial charge is 0.295 e. The number of hydrogen-bond donors (Lipinski definition) is 2. The van der Waals surface area contributed by atoms with Gasteiger partial charge in [-0.15, -0.1) is 0 Å². The van der Waals surface area contributed by atoms with E-state index in [4.69, 9.17) is 56.4 Å². The number of halogens is 4. The maximum absolute atomic E-state index is 13.0. The van der Waals surface area contributed by atoms with Crippen LogP contribution in [-0.2, 0) is 0 Å². The molecule has 2 aliphatic heterocycles. The second kappa shape index (κ2) is 14.0. The first-order valence-corrected chi connectivity index (χ1v) is 18.6. The Bertz CT molecular complexity index is 2910. The van der Waals surface area contributed by atoms with Crippen LogP contribution < -0.4 is 0 Å². The molecule has 7 aromatic rings. The summed E-state index contributed by atoms with van der Waals surface area (Å²) < 4.78 is 0. The van der Waals surface area contributed by atoms with Gasteiger partial charge in [0.05, 0.1) is 33.2 Å². The number of fused-ring (bicyclic) bond motifs is 8. The van der Waals surface area contributed by atoms with Crippen molar-refractivity contribution in [3.8, 4) is 44.5 Å². The zero-order chi connectivity index (χ0) is 37.8. The van der Waals surface area contributed by atoms with E-state index in [0.717, 1.165) is 39.0 Å². The fourth-order valence-electron chi connectivity index (χ4n) is 7.09. The minimum atomic E-state index is -0.379. The molecule has 7 nitrogen and oxygen atoms in total. The zero-order valence-electron chi connectivity index (χ0n) is 28.4. The molecule has 0 atom stereocenters. The second-order valence-corrected chi connectivity index (χ2v) is 14.7. The maximum Gasteiger partial charge on any atom is 0.295 e. The molecule has 55 heavy (non-hydrogen) atoms. The summed E-state index contributed by atoms with van der Waals surface area (Å²) in [5.74, 6) is 0. The molecule has 0 saturated carbocycles. The molecule has 8 bridgehead atoms. The number of benzene rings is 4. The fraction of sp³-hybridized carbons (Fsp3) is 0. The van der Waals surface area contributed by atoms with Crippen molar-refractivity contribution in [1.82, 2.24) is 19.9 Å². The minimum Gasteiger partial charge on any atom is -0.354 e. The summed E-state index contributed by atoms with van der Waals surface area (Å²) in [7, 11) is 0. The Morgan fingerprint density at radius 2 is 0.800 bits per heavy atom. The normalized spacial score (nSPS) is 12.0. The van der Waals surface area contributed by atoms with Gasteiger partial charge < -0.3 is 9.97 Å². The highest BCUT2D eigenvalue weighted by Crippen LogP contribution is 2.41. The van der Waals surface area contributed by atoms with Crippen LogP contribution in [-0.4, -0.2) is 24.9 Å². The topological polar surface area (TPSA) is 100 Å². The lowest BCUT2D eigenvalue weighted by molar-refractivity contribution is -0.382. The summed E-state index contributed by atoms with van der Waals surface area (Å²) in [4.78, 5) is 30.1. The van der Waals surface area contributed by atoms with Crippen LogP contribution in [0.15, 0.2) is 115 Å². The molecule has 2 aliphatic rings. The van der Waals surface area contributed by atoms with Crippen molar-refractivity contribution in [2.45, 2.75) is 0 Å². The highest BCUT2D eigenvalue weighted by molar-refractivity contribution is 6.31. The Kier molecular flexibility index (Phi) is 8.87. The molecule has 0 saturated heterocycles. The maximum atomic E-state index is 13.0. The molecule has 0 amide bonds. The third kappa shape index (κ3) is 6.51. The molecule has 5 heterocycles. The van der Waals surface area contributed by atoms with Crippen molar-refractivity contribution >= 4 is 98.5 Å². The third-order valence-electron chi connectivity index (χ3n) is 9.57. The monoisotopic (exact) mass is 795 g/mol. The Balaban J connectivity index is 1.51. The summed E-state index contributed by atoms with van der Waals surface area (Å²) in [6.45, 7) is 0. The summed E-state index contributed by atoms with van der Waals surface area (Å²) >= 11 is 25.4. The number of nitrogens with one attached hydrogen (secondary N) is 2. The van der Waals surface area contributed by atoms with Crippen molar-refractivity contribution in [2.75, 3.05) is 0 Å². The van der Waals surface area contributed by atoms with Crippen molar-refractivity contribution in [3.05, 3.63) is 168 Å². The van der Waals surface area contributed by atoms with Gasteiger partial charge in [-0.05, 0) is 107 Å². The number of aromatic nitrogens is 4. The largest absolute Gasteiger partial charge is 0.354 e. The van der Waals surface area contributed by atoms with Crippen molar-refractivity contribution in [2.24, 2.45) is 0 Å². The van der Waals surface area contributed by atoms with E-state index in [-0.39, 0.29) is 16.1 Å². The molecule has 0 fully saturated rings. The van der Waals surface area contributed by atoms with Gasteiger partial charge in [0.2, 0.25) is 0 Å². The van der Waals surface area contributed by atoms with Crippen LogP contribution in [0.25, 0.3) is 90.9 Å². The fourth-order valence-corrected chi connectivity index (χ4v) is 7.60. The van der Waals surface area contributed by atoms with Crippen molar-refractivity contribution in [3.63, 3.8) is 0 Å². The van der Waals surface area contributed by atoms with Crippen molar-refractivity contribution < 1.29 is 4.92 Å². The Labute approximate surface area is 334 Å². The number of nitro groups is 1. The average molecular weight is 798 g/mol. The summed E-state index contributed by atoms with van der Waals surface area (Å²) in [6.07, 6.45) is 7.74. The van der Waals surface area contributed by atoms with Gasteiger partial charge in [-0.3, -0.25) is 10.1 Å². The zero-order valence-corrected chi connectivity index (χ0v) is 31.5. The van der Waals surface area contributed by atoms with Crippen LogP contribution in [0, 0.1) is 10.1 Å². The highest BCUT2D eigenvalue weighted by Gasteiger charge is 2.24. The lowest BCUT2D eigenvalue weighted by atomic mass is 10.0. The molecular formula is C44H25Cl4N5O2. The van der Waals surface area contributed by atoms with Crippen LogP contribution in [0.3, 0.4) is 0 Å². The van der Waals surface area contributed by atoms with E-state index < -0.39 is 0 Å². The molecule has 0 radical (unpaired) electrons. The third-order valence-corrected chi connectivity index (χ3v) is 10.6. The van der Waals surface area contributed by atoms with Crippen LogP contribution in [0.1, 0.15) is 22.8 Å². The molecule has 4 aromatic carbocycles. The first-order chi connectivity index (χ1) is 26.7. The van der Waals surface area contributed by atoms with Gasteiger partial charge in [0, 0.05) is 59.4 Å². The lowest BCUT2D eigenvalue weighted by Crippen LogP contribution is -1.92. The van der Waals surface area contributed by atoms with Crippen LogP contribution in [0.4, 0.5) is 5.69 Å². The number of aromatic amines is 2. The van der Waals surface area contributed by atoms with E-state index in [1.54, 1.807) is 30.3 Å². The predicted octanol–water partition coefficient (Wildman–Crippen LogP) is 13.8. The van der Waals surface area contributed by atoms with E-state index in [0.29, 0.717) is 64.9 Å². The number of rotatable bonds is 5. The van der Waals surface area contributed by atoms with Crippen molar-refractivity contribution in [1.29, 1.82) is 0 Å². The molecule has 0 unspecified atom stereocenters. The van der Waals surface area contributed by atoms with Gasteiger partial charge in [0.15, 0.2) is 0 Å². The predicted molar refractivity (Wildman–Crippen MR) is 227 cm³/mol. The van der Waals surface area contributed by atoms with E-state index in [1.165, 1.54) is 0 Å². The Hall–Kier alpha value is -5.96. The number of nitrogens with zero attached hydrogens (tertiary/aromatic N) is 3. The van der Waals surface area contributed by atoms with E-state index in [9.17, 15) is 10.1 Å². The summed E-state index contributed by atoms with van der Waals surface area (Å²) in [6, 6.07) is 35.2. The standard InChI is InChI=1S/C44H25Cl4N5O2/c45-28-9-1-24(2-10-28)40-32-17-18-33(49-32)41(25-3-11-29(46)12-4-25)35-21-22-37(51-35)43(27-7-15-31(48)16-8-27)44-39(53(54)55)23-38(52-44)42(36-20-19-34(40)50-36)26-5-13-30(47)14-6-26/h1-23,50,52H. The van der Waals surface area contributed by atoms with Gasteiger partial charge in [-0.25, -0.2) is 9.97 Å². The SMILES string of the molecule is O=[N+]([O-])c1cc2[nH]c1c(-c1ccc(Cl)cc1)c1nc(c(-c3ccc(Cl)cc3)c3nc(c(-c4ccc(Cl)cc4)c4ccc([nH]4)c2-c2ccc(Cl)cc2)C=C3)C=C1. The van der Waals surface area contributed by atoms with Gasteiger partial charge in [0.1, 0.15) is 5.52 Å². The lowest BCUT2D eigenvalue weighted by Gasteiger charge is -2.07. The number of H-pyrrole nitrogens is 2. The molecule has 3 aromatic heterocycles. The molecule has 11 heteroatoms. The molecule has 0 spiro atoms. The molecule has 2 N–H and O–H groups in total. The van der Waals surface area contributed by atoms with E-state index >= 15 is 0 Å². The van der Waals surface area contributed by atoms with E-state index in [2.05, 4.69) is 9.97 Å². The summed E-state index contributed by atoms with van der Waals surface area (Å²) in [5.41, 5.74) is 10.7. The minimum absolute atomic E-state index is 0.121. The van der Waals surface area contributed by atoms with Crippen LogP contribution >= 0.6 is 46.4 Å². The Morgan fingerprint density at radius 3 is 1.25 bits per heavy atom. The van der Waals surface area contributed by atoms with Crippen LogP contribution in [0.5, 0.6) is 0 Å². The Morgan fingerprint density at radius 1 is 0.436 bits per heavy atom. The van der Waals surface area contributed by atoms with Gasteiger partial charge in [-0.1, -0.05) is 94.9 Å². The summed E-state index contributed by atoms with van der Waals surface area (Å²) in [5, 5.41) is 15.3. The number of hydrogen-bond acceptors (Lipinski definition) is 4. The molecule has 0 aliphatic carbocycles. The van der Waals surface area contributed by atoms with Gasteiger partial charge >= 0.3 is 0 Å². The average Bonchev–Trinajstić information content (AvgIpc) is 4.01. The molecular weight excluding hydrogens is 772 g/mol. The molecule has 266 valence electrons. The first kappa shape index (κ1) is 34.8. The van der Waals surface area contributed by atoms with Gasteiger partial charge in [-0.2, -0.15) is 0 Å². The van der Waals surface area contributed by atoms with Gasteiger partial charge in [0.25, 0.3) is 5.69 Å². The molecule has 9 rings (SSSR count). The highest BCUT2D eigenvalue weighted by atomic mass is 35.5. The first-order valence-electron chi connectivity index (χ1n) is 17.1. The second-order valence-electron chi connectivity index (χ2n) is 12.9.